The maximum absolute atomic E-state index is 13.4. The normalized spacial score (nSPS) is 19.8. The minimum Gasteiger partial charge on any atom is -0.507 e. The number of hydrogen-bond acceptors (Lipinski definition) is 9. The Balaban J connectivity index is 1.68. The van der Waals surface area contributed by atoms with Gasteiger partial charge in [0.1, 0.15) is 17.6 Å². The van der Waals surface area contributed by atoms with Crippen molar-refractivity contribution in [3.8, 4) is 5.75 Å². The second-order valence-corrected chi connectivity index (χ2v) is 10.2. The van der Waals surface area contributed by atoms with E-state index in [-0.39, 0.29) is 33.9 Å². The first-order valence-corrected chi connectivity index (χ1v) is 12.7. The molecule has 0 radical (unpaired) electrons. The van der Waals surface area contributed by atoms with Crippen molar-refractivity contribution >= 4 is 45.7 Å². The predicted octanol–water partition coefficient (Wildman–Crippen LogP) is 4.39. The molecule has 10 heteroatoms. The number of esters is 1. The van der Waals surface area contributed by atoms with E-state index in [1.165, 1.54) is 31.1 Å². The third-order valence-corrected chi connectivity index (χ3v) is 7.83. The largest absolute Gasteiger partial charge is 0.507 e. The van der Waals surface area contributed by atoms with Gasteiger partial charge in [-0.2, -0.15) is 0 Å². The summed E-state index contributed by atoms with van der Waals surface area (Å²) in [6, 6.07) is 10.3. The van der Waals surface area contributed by atoms with Crippen LogP contribution in [0.4, 0.5) is 5.13 Å². The molecule has 2 atom stereocenters. The van der Waals surface area contributed by atoms with Crippen LogP contribution in [0.5, 0.6) is 5.75 Å². The summed E-state index contributed by atoms with van der Waals surface area (Å²) in [6.07, 6.45) is 0.639. The summed E-state index contributed by atoms with van der Waals surface area (Å²) in [5, 5.41) is 11.6. The summed E-state index contributed by atoms with van der Waals surface area (Å²) in [5.41, 5.74) is 2.32. The van der Waals surface area contributed by atoms with Crippen LogP contribution in [0.15, 0.2) is 48.0 Å². The smallest absolute Gasteiger partial charge is 0.337 e. The zero-order valence-corrected chi connectivity index (χ0v) is 21.9. The van der Waals surface area contributed by atoms with E-state index in [0.29, 0.717) is 33.9 Å². The highest BCUT2D eigenvalue weighted by Crippen LogP contribution is 2.44. The summed E-state index contributed by atoms with van der Waals surface area (Å²) in [7, 11) is 1.27. The van der Waals surface area contributed by atoms with E-state index in [4.69, 9.17) is 9.47 Å². The summed E-state index contributed by atoms with van der Waals surface area (Å²) >= 11 is 1.00. The van der Waals surface area contributed by atoms with Crippen molar-refractivity contribution in [1.29, 1.82) is 0 Å². The van der Waals surface area contributed by atoms with Gasteiger partial charge >= 0.3 is 11.9 Å². The topological polar surface area (TPSA) is 123 Å². The maximum atomic E-state index is 13.4. The number of benzene rings is 2. The number of amides is 1. The minimum atomic E-state index is -1.05. The Hall–Kier alpha value is -4.31. The fourth-order valence-electron chi connectivity index (χ4n) is 4.80. The number of Topliss-reactive ketones (excluding diaryl/α,β-unsaturated/α-hetero) is 2. The Bertz CT molecular complexity index is 1540. The maximum Gasteiger partial charge on any atom is 0.337 e. The highest BCUT2D eigenvalue weighted by molar-refractivity contribution is 7.18. The third kappa shape index (κ3) is 4.16. The van der Waals surface area contributed by atoms with Gasteiger partial charge in [0.05, 0.1) is 34.9 Å². The van der Waals surface area contributed by atoms with Gasteiger partial charge < -0.3 is 14.6 Å². The lowest BCUT2D eigenvalue weighted by Crippen LogP contribution is -2.29. The van der Waals surface area contributed by atoms with Crippen molar-refractivity contribution in [3.63, 3.8) is 0 Å². The van der Waals surface area contributed by atoms with Crippen molar-refractivity contribution in [2.45, 2.75) is 39.3 Å². The molecule has 1 fully saturated rings. The second-order valence-electron chi connectivity index (χ2n) is 9.20. The van der Waals surface area contributed by atoms with Crippen LogP contribution in [0.3, 0.4) is 0 Å². The standard InChI is InChI=1S/C28H24N2O7S/c1-13-11-19-12-18(9-10-20(19)37-13)23(32)21-22(16-5-7-17(8-6-16)27(35)36-4)30(26(34)24(21)33)28-29-14(2)25(38-28)15(3)31/h5-10,12-13,22,32H,11H2,1-4H3/b23-21+/t13-,22-/m0/s1. The van der Waals surface area contributed by atoms with Crippen LogP contribution in [0, 0.1) is 6.92 Å². The number of nitrogens with zero attached hydrogens (tertiary/aromatic N) is 2. The molecule has 3 heterocycles. The van der Waals surface area contributed by atoms with Crippen LogP contribution >= 0.6 is 11.3 Å². The van der Waals surface area contributed by atoms with Gasteiger partial charge in [0, 0.05) is 18.9 Å². The van der Waals surface area contributed by atoms with Crippen LogP contribution < -0.4 is 9.64 Å². The van der Waals surface area contributed by atoms with Crippen molar-refractivity contribution < 1.29 is 33.8 Å². The number of thiazole rings is 1. The number of ketones is 2. The SMILES string of the molecule is COC(=O)c1ccc([C@H]2/C(=C(\O)c3ccc4c(c3)C[C@H](C)O4)C(=O)C(=O)N2c2nc(C)c(C(C)=O)s2)cc1. The van der Waals surface area contributed by atoms with E-state index < -0.39 is 23.7 Å². The second kappa shape index (κ2) is 9.53. The average Bonchev–Trinajstić information content (AvgIpc) is 3.55. The number of carbonyl (C=O) groups excluding carboxylic acids is 4. The van der Waals surface area contributed by atoms with Crippen LogP contribution in [0.25, 0.3) is 5.76 Å². The molecular weight excluding hydrogens is 508 g/mol. The van der Waals surface area contributed by atoms with Crippen molar-refractivity contribution in [2.75, 3.05) is 12.0 Å². The predicted molar refractivity (Wildman–Crippen MR) is 140 cm³/mol. The van der Waals surface area contributed by atoms with Gasteiger partial charge in [-0.15, -0.1) is 0 Å². The number of aliphatic hydroxyl groups is 1. The molecule has 5 rings (SSSR count). The number of fused-ring (bicyclic) bond motifs is 1. The van der Waals surface area contributed by atoms with Gasteiger partial charge in [-0.3, -0.25) is 19.3 Å². The van der Waals surface area contributed by atoms with Crippen molar-refractivity contribution in [1.82, 2.24) is 4.98 Å². The Kier molecular flexibility index (Phi) is 6.36. The Morgan fingerprint density at radius 3 is 2.45 bits per heavy atom. The summed E-state index contributed by atoms with van der Waals surface area (Å²) < 4.78 is 10.5. The number of carbonyl (C=O) groups is 4. The molecule has 1 saturated heterocycles. The molecule has 2 aromatic carbocycles. The van der Waals surface area contributed by atoms with E-state index >= 15 is 0 Å². The minimum absolute atomic E-state index is 0.00934. The molecule has 0 saturated carbocycles. The van der Waals surface area contributed by atoms with E-state index in [2.05, 4.69) is 4.98 Å². The van der Waals surface area contributed by atoms with Crippen LogP contribution in [-0.4, -0.2) is 46.7 Å². The molecule has 0 bridgehead atoms. The first-order valence-electron chi connectivity index (χ1n) is 11.9. The lowest BCUT2D eigenvalue weighted by molar-refractivity contribution is -0.132. The highest BCUT2D eigenvalue weighted by atomic mass is 32.1. The van der Waals surface area contributed by atoms with Gasteiger partial charge in [0.2, 0.25) is 0 Å². The fraction of sp³-hybridized carbons (Fsp3) is 0.250. The molecule has 0 unspecified atom stereocenters. The summed E-state index contributed by atoms with van der Waals surface area (Å²) in [5.74, 6) is -2.14. The Labute approximate surface area is 222 Å². The molecule has 2 aliphatic heterocycles. The zero-order chi connectivity index (χ0) is 27.3. The van der Waals surface area contributed by atoms with Crippen LogP contribution in [0.1, 0.15) is 62.3 Å². The molecule has 38 heavy (non-hydrogen) atoms. The van der Waals surface area contributed by atoms with Gasteiger partial charge in [0.25, 0.3) is 5.78 Å². The van der Waals surface area contributed by atoms with Gasteiger partial charge in [-0.05, 0) is 55.3 Å². The molecule has 1 amide bonds. The first-order chi connectivity index (χ1) is 18.1. The average molecular weight is 533 g/mol. The zero-order valence-electron chi connectivity index (χ0n) is 21.1. The number of anilines is 1. The lowest BCUT2D eigenvalue weighted by Gasteiger charge is -2.23. The van der Waals surface area contributed by atoms with Gasteiger partial charge in [0.15, 0.2) is 10.9 Å². The molecule has 2 aliphatic rings. The molecule has 1 aromatic heterocycles. The quantitative estimate of drug-likeness (QED) is 0.169. The third-order valence-electron chi connectivity index (χ3n) is 6.57. The van der Waals surface area contributed by atoms with E-state index in [1.54, 1.807) is 37.3 Å². The number of rotatable bonds is 5. The van der Waals surface area contributed by atoms with E-state index in [9.17, 15) is 24.3 Å². The molecule has 3 aromatic rings. The molecule has 9 nitrogen and oxygen atoms in total. The van der Waals surface area contributed by atoms with E-state index in [1.807, 2.05) is 6.92 Å². The Morgan fingerprint density at radius 1 is 1.13 bits per heavy atom. The number of aliphatic hydroxyl groups excluding tert-OH is 1. The first kappa shape index (κ1) is 25.3. The monoisotopic (exact) mass is 532 g/mol. The van der Waals surface area contributed by atoms with Gasteiger partial charge in [-0.1, -0.05) is 23.5 Å². The molecule has 0 aliphatic carbocycles. The number of hydrogen-bond donors (Lipinski definition) is 1. The van der Waals surface area contributed by atoms with Crippen LogP contribution in [0.2, 0.25) is 0 Å². The highest BCUT2D eigenvalue weighted by Gasteiger charge is 2.48. The summed E-state index contributed by atoms with van der Waals surface area (Å²) in [4.78, 5) is 56.9. The lowest BCUT2D eigenvalue weighted by atomic mass is 9.94. The fourth-order valence-corrected chi connectivity index (χ4v) is 5.79. The Morgan fingerprint density at radius 2 is 1.82 bits per heavy atom. The molecule has 1 N–H and O–H groups in total. The van der Waals surface area contributed by atoms with Crippen molar-refractivity contribution in [2.24, 2.45) is 0 Å². The number of ether oxygens (including phenoxy) is 2. The summed E-state index contributed by atoms with van der Waals surface area (Å²) in [6.45, 7) is 5.00. The number of aromatic nitrogens is 1. The molecular formula is C28H24N2O7S. The molecule has 194 valence electrons. The molecule has 0 spiro atoms. The number of methoxy groups -OCH3 is 1. The van der Waals surface area contributed by atoms with Crippen LogP contribution in [-0.2, 0) is 20.7 Å². The number of aryl methyl sites for hydroxylation is 1. The van der Waals surface area contributed by atoms with E-state index in [0.717, 1.165) is 16.9 Å². The van der Waals surface area contributed by atoms with Gasteiger partial charge in [-0.25, -0.2) is 9.78 Å². The van der Waals surface area contributed by atoms with Crippen molar-refractivity contribution in [3.05, 3.63) is 80.9 Å².